The van der Waals surface area contributed by atoms with Gasteiger partial charge in [-0.3, -0.25) is 9.59 Å². The fourth-order valence-electron chi connectivity index (χ4n) is 2.08. The number of carbonyl (C=O) groups is 2. The second-order valence-corrected chi connectivity index (χ2v) is 6.04. The van der Waals surface area contributed by atoms with Gasteiger partial charge in [0.15, 0.2) is 6.10 Å². The van der Waals surface area contributed by atoms with Crippen LogP contribution in [-0.4, -0.2) is 25.1 Å². The zero-order chi connectivity index (χ0) is 18.4. The molecule has 1 N–H and O–H groups in total. The molecule has 2 rings (SSSR count). The summed E-state index contributed by atoms with van der Waals surface area (Å²) < 4.78 is 10.2. The minimum Gasteiger partial charge on any atom is -0.497 e. The Bertz CT molecular complexity index is 759. The zero-order valence-electron chi connectivity index (χ0n) is 13.7. The number of rotatable bonds is 6. The average Bonchev–Trinajstić information content (AvgIpc) is 2.58. The highest BCUT2D eigenvalue weighted by atomic mass is 35.5. The van der Waals surface area contributed by atoms with Gasteiger partial charge in [0, 0.05) is 27.4 Å². The minimum atomic E-state index is -0.972. The number of ether oxygens (including phenoxy) is 2. The summed E-state index contributed by atoms with van der Waals surface area (Å²) in [6, 6.07) is 11.8. The van der Waals surface area contributed by atoms with E-state index >= 15 is 0 Å². The number of amides is 1. The summed E-state index contributed by atoms with van der Waals surface area (Å²) >= 11 is 12.1. The minimum absolute atomic E-state index is 0.116. The molecule has 5 nitrogen and oxygen atoms in total. The molecule has 25 heavy (non-hydrogen) atoms. The Labute approximate surface area is 155 Å². The van der Waals surface area contributed by atoms with Crippen molar-refractivity contribution in [2.75, 3.05) is 12.4 Å². The third-order valence-corrected chi connectivity index (χ3v) is 4.11. The third-order valence-electron chi connectivity index (χ3n) is 3.40. The topological polar surface area (TPSA) is 64.6 Å². The highest BCUT2D eigenvalue weighted by molar-refractivity contribution is 6.36. The van der Waals surface area contributed by atoms with E-state index in [1.54, 1.807) is 42.5 Å². The average molecular weight is 382 g/mol. The summed E-state index contributed by atoms with van der Waals surface area (Å²) in [6.45, 7) is 1.49. The van der Waals surface area contributed by atoms with Gasteiger partial charge in [-0.2, -0.15) is 0 Å². The van der Waals surface area contributed by atoms with E-state index in [9.17, 15) is 9.59 Å². The van der Waals surface area contributed by atoms with Crippen molar-refractivity contribution in [2.24, 2.45) is 0 Å². The molecular formula is C18H17Cl2NO4. The van der Waals surface area contributed by atoms with Crippen molar-refractivity contribution >= 4 is 40.8 Å². The lowest BCUT2D eigenvalue weighted by molar-refractivity contribution is -0.152. The van der Waals surface area contributed by atoms with Gasteiger partial charge in [0.2, 0.25) is 0 Å². The maximum absolute atomic E-state index is 12.2. The van der Waals surface area contributed by atoms with Crippen molar-refractivity contribution in [1.29, 1.82) is 0 Å². The van der Waals surface area contributed by atoms with Crippen LogP contribution in [-0.2, 0) is 20.7 Å². The van der Waals surface area contributed by atoms with Crippen molar-refractivity contribution in [3.8, 4) is 5.75 Å². The molecule has 0 aliphatic rings. The molecular weight excluding hydrogens is 365 g/mol. The quantitative estimate of drug-likeness (QED) is 0.764. The molecule has 0 saturated heterocycles. The van der Waals surface area contributed by atoms with E-state index in [1.165, 1.54) is 14.0 Å². The molecule has 0 spiro atoms. The van der Waals surface area contributed by atoms with Crippen molar-refractivity contribution in [3.05, 3.63) is 58.1 Å². The van der Waals surface area contributed by atoms with Gasteiger partial charge in [0.05, 0.1) is 13.5 Å². The Hall–Kier alpha value is -2.24. The fourth-order valence-corrected chi connectivity index (χ4v) is 2.61. The van der Waals surface area contributed by atoms with Crippen LogP contribution in [0.3, 0.4) is 0 Å². The lowest BCUT2D eigenvalue weighted by Crippen LogP contribution is -2.30. The molecule has 0 radical (unpaired) electrons. The maximum Gasteiger partial charge on any atom is 0.311 e. The molecule has 7 heteroatoms. The number of esters is 1. The summed E-state index contributed by atoms with van der Waals surface area (Å²) in [4.78, 5) is 24.2. The highest BCUT2D eigenvalue weighted by Crippen LogP contribution is 2.25. The lowest BCUT2D eigenvalue weighted by atomic mass is 10.1. The molecule has 1 atom stereocenters. The Kier molecular flexibility index (Phi) is 6.67. The highest BCUT2D eigenvalue weighted by Gasteiger charge is 2.20. The van der Waals surface area contributed by atoms with Crippen LogP contribution in [0.1, 0.15) is 12.5 Å². The van der Waals surface area contributed by atoms with E-state index in [4.69, 9.17) is 32.7 Å². The number of halogens is 2. The first kappa shape index (κ1) is 19.1. The monoisotopic (exact) mass is 381 g/mol. The molecule has 1 amide bonds. The summed E-state index contributed by atoms with van der Waals surface area (Å²) in [5, 5.41) is 3.41. The Balaban J connectivity index is 1.95. The van der Waals surface area contributed by atoms with Gasteiger partial charge in [0.25, 0.3) is 5.91 Å². The van der Waals surface area contributed by atoms with E-state index < -0.39 is 18.0 Å². The molecule has 0 aliphatic carbocycles. The van der Waals surface area contributed by atoms with E-state index in [2.05, 4.69) is 5.32 Å². The number of hydrogen-bond donors (Lipinski definition) is 1. The SMILES string of the molecule is COc1cccc(NC(=O)[C@H](C)OC(=O)Cc2c(Cl)cccc2Cl)c1. The lowest BCUT2D eigenvalue weighted by Gasteiger charge is -2.14. The van der Waals surface area contributed by atoms with Crippen LogP contribution < -0.4 is 10.1 Å². The molecule has 0 aliphatic heterocycles. The number of anilines is 1. The van der Waals surface area contributed by atoms with E-state index in [0.29, 0.717) is 27.0 Å². The molecule has 2 aromatic rings. The zero-order valence-corrected chi connectivity index (χ0v) is 15.2. The summed E-state index contributed by atoms with van der Waals surface area (Å²) in [5.41, 5.74) is 1.01. The normalized spacial score (nSPS) is 11.5. The van der Waals surface area contributed by atoms with Crippen LogP contribution in [0.4, 0.5) is 5.69 Å². The van der Waals surface area contributed by atoms with E-state index in [-0.39, 0.29) is 6.42 Å². The number of nitrogens with one attached hydrogen (secondary N) is 1. The summed E-state index contributed by atoms with van der Waals surface area (Å²) in [6.07, 6.45) is -1.09. The number of carbonyl (C=O) groups excluding carboxylic acids is 2. The molecule has 132 valence electrons. The van der Waals surface area contributed by atoms with Crippen molar-refractivity contribution < 1.29 is 19.1 Å². The first-order chi connectivity index (χ1) is 11.9. The predicted molar refractivity (Wildman–Crippen MR) is 97.3 cm³/mol. The van der Waals surface area contributed by atoms with Crippen LogP contribution in [0.5, 0.6) is 5.75 Å². The maximum atomic E-state index is 12.2. The van der Waals surface area contributed by atoms with E-state index in [1.807, 2.05) is 0 Å². The van der Waals surface area contributed by atoms with Crippen LogP contribution in [0.2, 0.25) is 10.0 Å². The number of hydrogen-bond acceptors (Lipinski definition) is 4. The predicted octanol–water partition coefficient (Wildman–Crippen LogP) is 4.11. The fraction of sp³-hybridized carbons (Fsp3) is 0.222. The van der Waals surface area contributed by atoms with E-state index in [0.717, 1.165) is 0 Å². The molecule has 0 saturated carbocycles. The van der Waals surface area contributed by atoms with Gasteiger partial charge < -0.3 is 14.8 Å². The molecule has 0 fully saturated rings. The molecule has 0 unspecified atom stereocenters. The second kappa shape index (κ2) is 8.74. The van der Waals surface area contributed by atoms with Gasteiger partial charge in [-0.15, -0.1) is 0 Å². The van der Waals surface area contributed by atoms with Gasteiger partial charge in [0.1, 0.15) is 5.75 Å². The van der Waals surface area contributed by atoms with Crippen molar-refractivity contribution in [1.82, 2.24) is 0 Å². The number of methoxy groups -OCH3 is 1. The molecule has 0 bridgehead atoms. The van der Waals surface area contributed by atoms with Gasteiger partial charge in [-0.05, 0) is 31.2 Å². The van der Waals surface area contributed by atoms with Crippen molar-refractivity contribution in [2.45, 2.75) is 19.4 Å². The molecule has 2 aromatic carbocycles. The molecule has 0 aromatic heterocycles. The Morgan fingerprint density at radius 1 is 1.12 bits per heavy atom. The van der Waals surface area contributed by atoms with Crippen LogP contribution in [0, 0.1) is 0 Å². The third kappa shape index (κ3) is 5.37. The number of benzene rings is 2. The molecule has 0 heterocycles. The first-order valence-electron chi connectivity index (χ1n) is 7.48. The second-order valence-electron chi connectivity index (χ2n) is 5.23. The van der Waals surface area contributed by atoms with Gasteiger partial charge in [-0.25, -0.2) is 0 Å². The largest absolute Gasteiger partial charge is 0.497 e. The van der Waals surface area contributed by atoms with Crippen LogP contribution in [0.25, 0.3) is 0 Å². The summed E-state index contributed by atoms with van der Waals surface area (Å²) in [7, 11) is 1.53. The Morgan fingerprint density at radius 3 is 2.40 bits per heavy atom. The first-order valence-corrected chi connectivity index (χ1v) is 8.23. The van der Waals surface area contributed by atoms with Gasteiger partial charge in [-0.1, -0.05) is 35.3 Å². The van der Waals surface area contributed by atoms with Crippen LogP contribution >= 0.6 is 23.2 Å². The standard InChI is InChI=1S/C18H17Cl2NO4/c1-11(18(23)21-12-5-3-6-13(9-12)24-2)25-17(22)10-14-15(19)7-4-8-16(14)20/h3-9,11H,10H2,1-2H3,(H,21,23)/t11-/m0/s1. The Morgan fingerprint density at radius 2 is 1.76 bits per heavy atom. The smallest absolute Gasteiger partial charge is 0.311 e. The summed E-state index contributed by atoms with van der Waals surface area (Å²) in [5.74, 6) is -0.439. The van der Waals surface area contributed by atoms with Gasteiger partial charge >= 0.3 is 5.97 Å². The van der Waals surface area contributed by atoms with Crippen LogP contribution in [0.15, 0.2) is 42.5 Å². The van der Waals surface area contributed by atoms with Crippen molar-refractivity contribution in [3.63, 3.8) is 0 Å².